The zero-order valence-corrected chi connectivity index (χ0v) is 10.8. The van der Waals surface area contributed by atoms with E-state index in [9.17, 15) is 9.59 Å². The molecule has 0 aliphatic heterocycles. The van der Waals surface area contributed by atoms with Gasteiger partial charge in [0.15, 0.2) is 0 Å². The van der Waals surface area contributed by atoms with Crippen LogP contribution in [0.15, 0.2) is 11.4 Å². The minimum Gasteiger partial charge on any atom is -0.352 e. The summed E-state index contributed by atoms with van der Waals surface area (Å²) >= 11 is 1.42. The number of hydrogen-bond donors (Lipinski definition) is 1. The molecule has 1 N–H and O–H groups in total. The molecule has 0 radical (unpaired) electrons. The van der Waals surface area contributed by atoms with Crippen LogP contribution in [0.1, 0.15) is 28.1 Å². The van der Waals surface area contributed by atoms with E-state index in [2.05, 4.69) is 5.32 Å². The van der Waals surface area contributed by atoms with Crippen LogP contribution >= 0.6 is 11.3 Å². The molecule has 1 aromatic heterocycles. The van der Waals surface area contributed by atoms with Gasteiger partial charge in [-0.05, 0) is 36.8 Å². The Balaban J connectivity index is 1.90. The maximum Gasteiger partial charge on any atom is 0.264 e. The zero-order chi connectivity index (χ0) is 12.4. The summed E-state index contributed by atoms with van der Waals surface area (Å²) in [5.41, 5.74) is 0.967. The second-order valence-electron chi connectivity index (χ2n) is 4.44. The summed E-state index contributed by atoms with van der Waals surface area (Å²) in [6, 6.07) is 2.25. The maximum absolute atomic E-state index is 12.0. The van der Waals surface area contributed by atoms with Crippen molar-refractivity contribution in [3.8, 4) is 0 Å². The second-order valence-corrected chi connectivity index (χ2v) is 5.35. The molecule has 0 unspecified atom stereocenters. The Hall–Kier alpha value is -1.36. The molecular weight excluding hydrogens is 236 g/mol. The molecule has 0 atom stereocenters. The predicted molar refractivity (Wildman–Crippen MR) is 67.2 cm³/mol. The van der Waals surface area contributed by atoms with Crippen molar-refractivity contribution < 1.29 is 9.59 Å². The van der Waals surface area contributed by atoms with Crippen LogP contribution in [0.3, 0.4) is 0 Å². The average Bonchev–Trinajstić information content (AvgIpc) is 2.97. The van der Waals surface area contributed by atoms with E-state index >= 15 is 0 Å². The zero-order valence-electron chi connectivity index (χ0n) is 10.0. The topological polar surface area (TPSA) is 49.4 Å². The Morgan fingerprint density at radius 2 is 2.24 bits per heavy atom. The Bertz CT molecular complexity index is 437. The van der Waals surface area contributed by atoms with E-state index in [-0.39, 0.29) is 18.4 Å². The molecule has 1 aliphatic rings. The standard InChI is InChI=1S/C12H16N2O2S/c1-8-5-6-17-11(8)12(16)14(2)7-10(15)13-9-3-4-9/h5-6,9H,3-4,7H2,1-2H3,(H,13,15). The Labute approximate surface area is 105 Å². The van der Waals surface area contributed by atoms with Crippen LogP contribution in [-0.2, 0) is 4.79 Å². The highest BCUT2D eigenvalue weighted by molar-refractivity contribution is 7.12. The molecule has 1 fully saturated rings. The lowest BCUT2D eigenvalue weighted by atomic mass is 10.2. The Kier molecular flexibility index (Phi) is 3.47. The number of aryl methyl sites for hydroxylation is 1. The molecule has 0 saturated heterocycles. The van der Waals surface area contributed by atoms with E-state index in [0.717, 1.165) is 18.4 Å². The van der Waals surface area contributed by atoms with Crippen molar-refractivity contribution in [2.24, 2.45) is 0 Å². The molecule has 0 spiro atoms. The molecule has 1 aromatic rings. The number of nitrogens with one attached hydrogen (secondary N) is 1. The van der Waals surface area contributed by atoms with Crippen LogP contribution in [0.4, 0.5) is 0 Å². The van der Waals surface area contributed by atoms with Gasteiger partial charge in [-0.25, -0.2) is 0 Å². The smallest absolute Gasteiger partial charge is 0.264 e. The summed E-state index contributed by atoms with van der Waals surface area (Å²) in [4.78, 5) is 25.8. The number of rotatable bonds is 4. The monoisotopic (exact) mass is 252 g/mol. The molecule has 2 amide bonds. The second kappa shape index (κ2) is 4.87. The Morgan fingerprint density at radius 1 is 1.53 bits per heavy atom. The highest BCUT2D eigenvalue weighted by Crippen LogP contribution is 2.19. The third kappa shape index (κ3) is 3.06. The van der Waals surface area contributed by atoms with E-state index < -0.39 is 0 Å². The first-order valence-electron chi connectivity index (χ1n) is 5.67. The molecule has 4 nitrogen and oxygen atoms in total. The minimum atomic E-state index is -0.0801. The van der Waals surface area contributed by atoms with Gasteiger partial charge in [-0.3, -0.25) is 9.59 Å². The number of nitrogens with zero attached hydrogens (tertiary/aromatic N) is 1. The number of likely N-dealkylation sites (N-methyl/N-ethyl adjacent to an activating group) is 1. The van der Waals surface area contributed by atoms with Crippen LogP contribution in [0.25, 0.3) is 0 Å². The van der Waals surface area contributed by atoms with Gasteiger partial charge >= 0.3 is 0 Å². The van der Waals surface area contributed by atoms with E-state index in [4.69, 9.17) is 0 Å². The van der Waals surface area contributed by atoms with Crippen LogP contribution in [0.2, 0.25) is 0 Å². The van der Waals surface area contributed by atoms with Crippen molar-refractivity contribution in [1.29, 1.82) is 0 Å². The molecule has 92 valence electrons. The predicted octanol–water partition coefficient (Wildman–Crippen LogP) is 1.41. The molecular formula is C12H16N2O2S. The van der Waals surface area contributed by atoms with Gasteiger partial charge < -0.3 is 10.2 Å². The SMILES string of the molecule is Cc1ccsc1C(=O)N(C)CC(=O)NC1CC1. The molecule has 17 heavy (non-hydrogen) atoms. The number of hydrogen-bond acceptors (Lipinski definition) is 3. The van der Waals surface area contributed by atoms with Gasteiger partial charge in [-0.2, -0.15) is 0 Å². The van der Waals surface area contributed by atoms with Crippen molar-refractivity contribution in [3.05, 3.63) is 21.9 Å². The molecule has 5 heteroatoms. The normalized spacial score (nSPS) is 14.5. The van der Waals surface area contributed by atoms with Crippen LogP contribution < -0.4 is 5.32 Å². The summed E-state index contributed by atoms with van der Waals surface area (Å²) in [7, 11) is 1.66. The lowest BCUT2D eigenvalue weighted by molar-refractivity contribution is -0.121. The summed E-state index contributed by atoms with van der Waals surface area (Å²) in [5, 5.41) is 4.76. The largest absolute Gasteiger partial charge is 0.352 e. The molecule has 1 aliphatic carbocycles. The van der Waals surface area contributed by atoms with Gasteiger partial charge in [0.1, 0.15) is 0 Å². The Morgan fingerprint density at radius 3 is 2.76 bits per heavy atom. The van der Waals surface area contributed by atoms with Gasteiger partial charge in [0.25, 0.3) is 5.91 Å². The molecule has 0 aromatic carbocycles. The van der Waals surface area contributed by atoms with Crippen molar-refractivity contribution in [2.45, 2.75) is 25.8 Å². The number of amides is 2. The summed E-state index contributed by atoms with van der Waals surface area (Å²) in [6.45, 7) is 2.04. The van der Waals surface area contributed by atoms with Crippen LogP contribution in [-0.4, -0.2) is 36.3 Å². The quantitative estimate of drug-likeness (QED) is 0.880. The van der Waals surface area contributed by atoms with Gasteiger partial charge in [-0.15, -0.1) is 11.3 Å². The van der Waals surface area contributed by atoms with Gasteiger partial charge in [0, 0.05) is 13.1 Å². The molecule has 0 bridgehead atoms. The van der Waals surface area contributed by atoms with E-state index in [0.29, 0.717) is 10.9 Å². The van der Waals surface area contributed by atoms with E-state index in [1.54, 1.807) is 7.05 Å². The fraction of sp³-hybridized carbons (Fsp3) is 0.500. The number of thiophene rings is 1. The highest BCUT2D eigenvalue weighted by atomic mass is 32.1. The summed E-state index contributed by atoms with van der Waals surface area (Å²) < 4.78 is 0. The fourth-order valence-electron chi connectivity index (χ4n) is 1.55. The first kappa shape index (κ1) is 12.1. The number of carbonyl (C=O) groups is 2. The van der Waals surface area contributed by atoms with E-state index in [1.807, 2.05) is 18.4 Å². The molecule has 1 heterocycles. The van der Waals surface area contributed by atoms with Crippen LogP contribution in [0.5, 0.6) is 0 Å². The average molecular weight is 252 g/mol. The van der Waals surface area contributed by atoms with E-state index in [1.165, 1.54) is 16.2 Å². The maximum atomic E-state index is 12.0. The number of carbonyl (C=O) groups excluding carboxylic acids is 2. The third-order valence-electron chi connectivity index (χ3n) is 2.73. The third-order valence-corrected chi connectivity index (χ3v) is 3.73. The summed E-state index contributed by atoms with van der Waals surface area (Å²) in [5.74, 6) is -0.152. The van der Waals surface area contributed by atoms with Crippen molar-refractivity contribution >= 4 is 23.2 Å². The molecule has 1 saturated carbocycles. The lowest BCUT2D eigenvalue weighted by Gasteiger charge is -2.16. The van der Waals surface area contributed by atoms with Crippen molar-refractivity contribution in [1.82, 2.24) is 10.2 Å². The van der Waals surface area contributed by atoms with Gasteiger partial charge in [-0.1, -0.05) is 0 Å². The summed E-state index contributed by atoms with van der Waals surface area (Å²) in [6.07, 6.45) is 2.13. The minimum absolute atomic E-state index is 0.0717. The first-order chi connectivity index (χ1) is 8.08. The van der Waals surface area contributed by atoms with Crippen molar-refractivity contribution in [2.75, 3.05) is 13.6 Å². The highest BCUT2D eigenvalue weighted by Gasteiger charge is 2.25. The fourth-order valence-corrected chi connectivity index (χ4v) is 2.47. The first-order valence-corrected chi connectivity index (χ1v) is 6.55. The molecule has 2 rings (SSSR count). The lowest BCUT2D eigenvalue weighted by Crippen LogP contribution is -2.39. The van der Waals surface area contributed by atoms with Crippen molar-refractivity contribution in [3.63, 3.8) is 0 Å². The van der Waals surface area contributed by atoms with Gasteiger partial charge in [0.05, 0.1) is 11.4 Å². The van der Waals surface area contributed by atoms with Gasteiger partial charge in [0.2, 0.25) is 5.91 Å². The van der Waals surface area contributed by atoms with Crippen LogP contribution in [0, 0.1) is 6.92 Å².